The van der Waals surface area contributed by atoms with Crippen LogP contribution in [-0.4, -0.2) is 133 Å². The van der Waals surface area contributed by atoms with Crippen LogP contribution in [0.25, 0.3) is 33.1 Å². The van der Waals surface area contributed by atoms with Crippen molar-refractivity contribution in [1.82, 2.24) is 43.6 Å². The molecule has 5 fully saturated rings. The second-order valence-electron chi connectivity index (χ2n) is 23.6. The molecule has 14 rings (SSSR count). The molecule has 5 aliphatic rings. The summed E-state index contributed by atoms with van der Waals surface area (Å²) in [4.78, 5) is 24.8. The average molecular weight is 1380 g/mol. The number of fused-ring (bicyclic) bond motifs is 5. The van der Waals surface area contributed by atoms with Gasteiger partial charge in [-0.1, -0.05) is 37.2 Å². The molecule has 3 aromatic carbocycles. The first-order valence-electron chi connectivity index (χ1n) is 28.6. The Kier molecular flexibility index (Phi) is 22.6. The SMILES string of the molecule is C.CC1(C)O[C@@H]2[C@@H]([C@H](O)c3ccc(F)c(F)c3)C[C@@H](n3ccc4c(Cl)ncnc43)[C@@H]2O1.CC1(C)O[C@@H]2[C@@H]([C@H](O)c3ccc(F)c(F)c3)C[C@@H](n3ccc4c(NO)ncnc43)[C@@H]2O1.Cl.Cl.NO.ONc1ncnc2c1ccn2[C@@H]1C[C@H]([C@H](O)c2ccc(F)c(F)c2)[C@@H](O)[C@H]1O. The van der Waals surface area contributed by atoms with E-state index >= 15 is 0 Å². The minimum Gasteiger partial charge on any atom is -0.390 e. The smallest absolute Gasteiger partial charge is 0.163 e. The summed E-state index contributed by atoms with van der Waals surface area (Å²) in [6, 6.07) is 14.1. The van der Waals surface area contributed by atoms with Gasteiger partial charge in [-0.15, -0.1) is 24.8 Å². The number of anilines is 2. The molecule has 12 N–H and O–H groups in total. The maximum absolute atomic E-state index is 13.8. The van der Waals surface area contributed by atoms with Crippen LogP contribution in [0.15, 0.2) is 110 Å². The molecule has 24 nitrogen and oxygen atoms in total. The van der Waals surface area contributed by atoms with Gasteiger partial charge in [0.25, 0.3) is 0 Å². The van der Waals surface area contributed by atoms with E-state index in [0.717, 1.165) is 41.8 Å². The van der Waals surface area contributed by atoms with E-state index < -0.39 is 113 Å². The predicted octanol–water partition coefficient (Wildman–Crippen LogP) is 9.84. The van der Waals surface area contributed by atoms with Crippen molar-refractivity contribution in [3.8, 4) is 0 Å². The molecule has 508 valence electrons. The maximum Gasteiger partial charge on any atom is 0.163 e. The van der Waals surface area contributed by atoms with Crippen LogP contribution in [0, 0.1) is 52.7 Å². The molecule has 8 heterocycles. The summed E-state index contributed by atoms with van der Waals surface area (Å²) in [6.07, 6.45) is 2.87. The minimum absolute atomic E-state index is 0. The zero-order valence-corrected chi connectivity index (χ0v) is 51.8. The summed E-state index contributed by atoms with van der Waals surface area (Å²) in [6.45, 7) is 7.23. The van der Waals surface area contributed by atoms with Crippen molar-refractivity contribution in [3.05, 3.63) is 167 Å². The third kappa shape index (κ3) is 13.7. The summed E-state index contributed by atoms with van der Waals surface area (Å²) >= 11 is 6.19. The third-order valence-corrected chi connectivity index (χ3v) is 17.8. The summed E-state index contributed by atoms with van der Waals surface area (Å²) in [7, 11) is 0. The van der Waals surface area contributed by atoms with Crippen LogP contribution >= 0.6 is 36.4 Å². The molecule has 0 unspecified atom stereocenters. The van der Waals surface area contributed by atoms with Gasteiger partial charge in [0.15, 0.2) is 58.1 Å². The number of halogens is 9. The van der Waals surface area contributed by atoms with Crippen LogP contribution in [0.5, 0.6) is 0 Å². The molecule has 2 aliphatic heterocycles. The van der Waals surface area contributed by atoms with Crippen molar-refractivity contribution in [2.45, 2.75) is 139 Å². The van der Waals surface area contributed by atoms with E-state index in [-0.39, 0.29) is 85.5 Å². The van der Waals surface area contributed by atoms with E-state index in [1.54, 1.807) is 36.7 Å². The lowest BCUT2D eigenvalue weighted by Crippen LogP contribution is -2.31. The third-order valence-electron chi connectivity index (χ3n) is 17.5. The van der Waals surface area contributed by atoms with E-state index in [9.17, 15) is 57.1 Å². The minimum atomic E-state index is -1.30. The lowest BCUT2D eigenvalue weighted by molar-refractivity contribution is -0.165. The van der Waals surface area contributed by atoms with Crippen molar-refractivity contribution in [1.29, 1.82) is 0 Å². The van der Waals surface area contributed by atoms with Crippen LogP contribution in [0.4, 0.5) is 38.0 Å². The summed E-state index contributed by atoms with van der Waals surface area (Å²) in [5.41, 5.74) is 6.40. The van der Waals surface area contributed by atoms with Crippen LogP contribution in [0.1, 0.15) is 108 Å². The van der Waals surface area contributed by atoms with Gasteiger partial charge in [-0.2, -0.15) is 0 Å². The highest BCUT2D eigenvalue weighted by atomic mass is 35.5. The second kappa shape index (κ2) is 29.2. The number of benzene rings is 3. The highest BCUT2D eigenvalue weighted by Gasteiger charge is 2.58. The number of nitrogens with two attached hydrogens (primary N) is 1. The molecule has 3 aliphatic carbocycles. The van der Waals surface area contributed by atoms with Gasteiger partial charge in [0.05, 0.1) is 70.9 Å². The molecule has 33 heteroatoms. The zero-order chi connectivity index (χ0) is 65.1. The van der Waals surface area contributed by atoms with Gasteiger partial charge in [-0.05, 0) is 118 Å². The van der Waals surface area contributed by atoms with Gasteiger partial charge in [-0.3, -0.25) is 21.4 Å². The van der Waals surface area contributed by atoms with E-state index in [0.29, 0.717) is 51.3 Å². The summed E-state index contributed by atoms with van der Waals surface area (Å²) < 4.78 is 111. The number of nitrogens with zero attached hydrogens (tertiary/aromatic N) is 9. The van der Waals surface area contributed by atoms with E-state index in [1.807, 2.05) is 46.9 Å². The van der Waals surface area contributed by atoms with Gasteiger partial charge in [0.1, 0.15) is 59.4 Å². The molecule has 2 saturated heterocycles. The Morgan fingerprint density at radius 1 is 0.479 bits per heavy atom. The van der Waals surface area contributed by atoms with Gasteiger partial charge in [0, 0.05) is 36.3 Å². The standard InChI is InChI=1S/C21H20ClF2N3O3.C21H22F2N4O4.C18H18F2N4O4.CH4.2ClH.H3NO/c1-21(2)29-17-12(16(28)10-3-4-13(23)14(24)7-10)8-15(18(17)30-21)27-6-5-11-19(22)25-9-26-20(11)27;1-21(2)30-17-12(16(28)10-3-4-13(22)14(23)7-10)8-15(18(17)31-21)27-6-5-11-19(26-29)24-9-25-20(11)27;19-11-2-1-8(5-12(11)20)14(25)10-6-13(16(27)15(10)26)24-4-3-9-17(23-28)21-7-22-18(9)24;;;;1-2/h3-7,9,12,15-18,28H,8H2,1-2H3;3-7,9,12,15-18,28-29H,8H2,1-2H3,(H,24,25,26);1-5,7,10,13-16,25-28H,6H2,(H,21,22,23);1H4;2*1H;2H,1H2/t2*12-,15-,16-,17-,18+;10-,13-,14-,15-,16+;;;;/m111..../s1. The van der Waals surface area contributed by atoms with Crippen LogP contribution < -0.4 is 16.9 Å². The van der Waals surface area contributed by atoms with Crippen LogP contribution in [0.3, 0.4) is 0 Å². The predicted molar refractivity (Wildman–Crippen MR) is 331 cm³/mol. The molecule has 0 amide bonds. The number of hydrogen-bond donors (Lipinski definition) is 11. The first-order chi connectivity index (χ1) is 43.5. The molecular weight excluding hydrogens is 1310 g/mol. The topological polar surface area (TPSA) is 341 Å². The number of nitrogens with one attached hydrogen (secondary N) is 2. The quantitative estimate of drug-likeness (QED) is 0.0326. The number of aromatic nitrogens is 9. The maximum atomic E-state index is 13.8. The van der Waals surface area contributed by atoms with Crippen molar-refractivity contribution < 1.29 is 86.4 Å². The lowest BCUT2D eigenvalue weighted by atomic mass is 9.92. The normalized spacial score (nSPS) is 26.2. The van der Waals surface area contributed by atoms with Crippen molar-refractivity contribution >= 4 is 81.2 Å². The summed E-state index contributed by atoms with van der Waals surface area (Å²) in [5, 5.41) is 80.9. The monoisotopic (exact) mass is 1380 g/mol. The number of aliphatic hydroxyl groups excluding tert-OH is 5. The molecule has 0 radical (unpaired) electrons. The Hall–Kier alpha value is -6.95. The number of ether oxygens (including phenoxy) is 4. The molecule has 15 atom stereocenters. The Balaban J connectivity index is 0.000000176. The highest BCUT2D eigenvalue weighted by Crippen LogP contribution is 2.54. The number of rotatable bonds is 11. The highest BCUT2D eigenvalue weighted by molar-refractivity contribution is 6.33. The largest absolute Gasteiger partial charge is 0.390 e. The van der Waals surface area contributed by atoms with Gasteiger partial charge in [-0.25, -0.2) is 62.1 Å². The average Bonchev–Trinajstić information content (AvgIpc) is 1.59. The van der Waals surface area contributed by atoms with Crippen LogP contribution in [-0.2, 0) is 18.9 Å². The van der Waals surface area contributed by atoms with Gasteiger partial charge < -0.3 is 63.4 Å². The Labute approximate surface area is 549 Å². The molecule has 3 saturated carbocycles. The van der Waals surface area contributed by atoms with E-state index in [4.69, 9.17) is 41.0 Å². The van der Waals surface area contributed by atoms with Gasteiger partial charge >= 0.3 is 0 Å². The van der Waals surface area contributed by atoms with E-state index in [2.05, 4.69) is 41.3 Å². The number of hydrogen-bond acceptors (Lipinski definition) is 21. The lowest BCUT2D eigenvalue weighted by Gasteiger charge is -2.26. The van der Waals surface area contributed by atoms with Crippen molar-refractivity contribution in [2.75, 3.05) is 11.0 Å². The molecule has 6 aromatic heterocycles. The van der Waals surface area contributed by atoms with Crippen molar-refractivity contribution in [3.63, 3.8) is 0 Å². The molecule has 0 bridgehead atoms. The first kappa shape index (κ1) is 72.9. The number of aliphatic hydroxyl groups is 5. The molecule has 9 aromatic rings. The fourth-order valence-corrected chi connectivity index (χ4v) is 13.7. The first-order valence-corrected chi connectivity index (χ1v) is 29.0. The molecule has 94 heavy (non-hydrogen) atoms. The van der Waals surface area contributed by atoms with Crippen molar-refractivity contribution in [2.24, 2.45) is 23.7 Å². The molecule has 0 spiro atoms. The van der Waals surface area contributed by atoms with E-state index in [1.165, 1.54) is 37.2 Å². The summed E-state index contributed by atoms with van der Waals surface area (Å²) in [5.74, 6) is -5.41. The van der Waals surface area contributed by atoms with Gasteiger partial charge in [0.2, 0.25) is 0 Å². The Morgan fingerprint density at radius 3 is 1.19 bits per heavy atom. The fourth-order valence-electron chi connectivity index (χ4n) is 13.5. The second-order valence-corrected chi connectivity index (χ2v) is 23.9. The Bertz CT molecular complexity index is 4110. The fraction of sp³-hybridized carbons (Fsp3) is 0.410. The zero-order valence-electron chi connectivity index (χ0n) is 49.4. The molecular formula is C61H69Cl3F6N12O12. The Morgan fingerprint density at radius 2 is 0.809 bits per heavy atom. The van der Waals surface area contributed by atoms with Crippen LogP contribution in [0.2, 0.25) is 5.15 Å².